The third-order valence-electron chi connectivity index (χ3n) is 5.92. The summed E-state index contributed by atoms with van der Waals surface area (Å²) in [5.74, 6) is 0. The Morgan fingerprint density at radius 2 is 1.27 bits per heavy atom. The first-order chi connectivity index (χ1) is 14.6. The average Bonchev–Trinajstić information content (AvgIpc) is 2.79. The molecular weight excluding hydrogens is 559 g/mol. The van der Waals surface area contributed by atoms with Gasteiger partial charge in [-0.3, -0.25) is 0 Å². The Bertz CT molecular complexity index is 911. The topological polar surface area (TPSA) is 3.24 Å². The van der Waals surface area contributed by atoms with Crippen LogP contribution in [0.5, 0.6) is 0 Å². The van der Waals surface area contributed by atoms with Gasteiger partial charge in [-0.2, -0.15) is 0 Å². The van der Waals surface area contributed by atoms with Crippen LogP contribution in [0.25, 0.3) is 0 Å². The Hall–Kier alpha value is -1.50. The summed E-state index contributed by atoms with van der Waals surface area (Å²) in [5, 5.41) is 0. The zero-order valence-electron chi connectivity index (χ0n) is 19.3. The van der Waals surface area contributed by atoms with E-state index in [4.69, 9.17) is 0 Å². The monoisotopic (exact) mass is 595 g/mol. The van der Waals surface area contributed by atoms with Gasteiger partial charge in [0.25, 0.3) is 0 Å². The van der Waals surface area contributed by atoms with Crippen LogP contribution in [0.3, 0.4) is 0 Å². The van der Waals surface area contributed by atoms with Crippen LogP contribution in [0, 0.1) is 6.92 Å². The summed E-state index contributed by atoms with van der Waals surface area (Å²) < 4.78 is 4.84. The summed E-state index contributed by atoms with van der Waals surface area (Å²) in [5.41, 5.74) is 5.82. The summed E-state index contributed by atoms with van der Waals surface area (Å²) in [4.78, 5) is 2.55. The van der Waals surface area contributed by atoms with Gasteiger partial charge in [0.05, 0.1) is 0 Å². The van der Waals surface area contributed by atoms with Gasteiger partial charge in [0.1, 0.15) is 0 Å². The minimum absolute atomic E-state index is 1.05. The van der Waals surface area contributed by atoms with Gasteiger partial charge in [0, 0.05) is 0 Å². The quantitative estimate of drug-likeness (QED) is 0.330. The molecule has 0 amide bonds. The molecule has 3 rings (SSSR count). The fraction of sp³-hybridized carbons (Fsp3) is 0.357. The van der Waals surface area contributed by atoms with E-state index in [-0.39, 0.29) is 0 Å². The molecule has 0 saturated heterocycles. The molecule has 0 saturated carbocycles. The Morgan fingerprint density at radius 3 is 1.77 bits per heavy atom. The molecule has 0 unspecified atom stereocenters. The molecule has 2 heteroatoms. The summed E-state index contributed by atoms with van der Waals surface area (Å²) in [7, 11) is 0. The maximum atomic E-state index is 2.55. The molecule has 1 nitrogen and oxygen atoms in total. The molecular formula is C28H36BiN. The number of benzene rings is 3. The molecule has 0 aromatic heterocycles. The Kier molecular flexibility index (Phi) is 8.66. The molecule has 3 aromatic carbocycles. The molecule has 158 valence electrons. The first-order valence-electron chi connectivity index (χ1n) is 11.4. The van der Waals surface area contributed by atoms with Crippen LogP contribution >= 0.6 is 0 Å². The van der Waals surface area contributed by atoms with Gasteiger partial charge in [0.15, 0.2) is 0 Å². The fourth-order valence-electron chi connectivity index (χ4n) is 4.01. The second-order valence-corrected chi connectivity index (χ2v) is 16.5. The van der Waals surface area contributed by atoms with E-state index >= 15 is 0 Å². The van der Waals surface area contributed by atoms with Crippen LogP contribution < -0.4 is 9.81 Å². The molecule has 0 fully saturated rings. The third-order valence-corrected chi connectivity index (χ3v) is 15.7. The predicted octanol–water partition coefficient (Wildman–Crippen LogP) is 4.48. The average molecular weight is 596 g/mol. The number of nitrogens with zero attached hydrogens (tertiary/aromatic N) is 1. The zero-order valence-corrected chi connectivity index (χ0v) is 22.8. The standard InChI is InChI=1S/C12H18N.2C8H9.Bi/c1-4-13(5-2)10-12-8-6-7-11(3)9-12;2*1-2-8-6-4-3-5-7-8;/h6-7,9H,4-5,10H2,1-3H3;2*3-4,6-7H,2H2,1H3;. The van der Waals surface area contributed by atoms with Crippen molar-refractivity contribution in [2.45, 2.75) is 54.0 Å². The van der Waals surface area contributed by atoms with Crippen LogP contribution in [0.2, 0.25) is 0 Å². The molecule has 30 heavy (non-hydrogen) atoms. The van der Waals surface area contributed by atoms with Crippen LogP contribution in [0.1, 0.15) is 49.9 Å². The molecule has 0 aliphatic heterocycles. The van der Waals surface area contributed by atoms with E-state index in [0.29, 0.717) is 0 Å². The van der Waals surface area contributed by atoms with Gasteiger partial charge in [-0.05, 0) is 0 Å². The second kappa shape index (κ2) is 11.2. The molecule has 0 spiro atoms. The van der Waals surface area contributed by atoms with E-state index < -0.39 is 21.8 Å². The van der Waals surface area contributed by atoms with Crippen molar-refractivity contribution in [3.63, 3.8) is 0 Å². The zero-order chi connectivity index (χ0) is 21.5. The number of hydrogen-bond donors (Lipinski definition) is 0. The fourth-order valence-corrected chi connectivity index (χ4v) is 14.0. The summed E-state index contributed by atoms with van der Waals surface area (Å²) in [6.45, 7) is 14.5. The normalized spacial score (nSPS) is 11.4. The van der Waals surface area contributed by atoms with Crippen molar-refractivity contribution in [3.8, 4) is 0 Å². The van der Waals surface area contributed by atoms with E-state index in [0.717, 1.165) is 32.5 Å². The van der Waals surface area contributed by atoms with Gasteiger partial charge < -0.3 is 0 Å². The van der Waals surface area contributed by atoms with Gasteiger partial charge in [-0.25, -0.2) is 0 Å². The van der Waals surface area contributed by atoms with Crippen molar-refractivity contribution < 1.29 is 0 Å². The van der Waals surface area contributed by atoms with Crippen LogP contribution in [0.4, 0.5) is 0 Å². The van der Waals surface area contributed by atoms with Crippen molar-refractivity contribution in [2.24, 2.45) is 0 Å². The van der Waals surface area contributed by atoms with Gasteiger partial charge in [-0.15, -0.1) is 0 Å². The van der Waals surface area contributed by atoms with Gasteiger partial charge in [-0.1, -0.05) is 0 Å². The first kappa shape index (κ1) is 23.2. The van der Waals surface area contributed by atoms with Crippen LogP contribution in [0.15, 0.2) is 66.7 Å². The van der Waals surface area contributed by atoms with E-state index in [9.17, 15) is 0 Å². The summed E-state index contributed by atoms with van der Waals surface area (Å²) >= 11 is -2.41. The maximum absolute atomic E-state index is 2.55. The van der Waals surface area contributed by atoms with Crippen LogP contribution in [-0.2, 0) is 19.4 Å². The Balaban J connectivity index is 2.19. The second-order valence-electron chi connectivity index (χ2n) is 7.98. The molecule has 0 radical (unpaired) electrons. The number of aryl methyl sites for hydroxylation is 3. The molecule has 0 bridgehead atoms. The van der Waals surface area contributed by atoms with Crippen molar-refractivity contribution >= 4 is 31.6 Å². The summed E-state index contributed by atoms with van der Waals surface area (Å²) in [6.07, 6.45) is 2.20. The molecule has 0 N–H and O–H groups in total. The number of hydrogen-bond acceptors (Lipinski definition) is 1. The van der Waals surface area contributed by atoms with Crippen molar-refractivity contribution in [2.75, 3.05) is 13.1 Å². The molecule has 0 heterocycles. The van der Waals surface area contributed by atoms with E-state index in [1.54, 1.807) is 15.4 Å². The molecule has 3 aromatic rings. The van der Waals surface area contributed by atoms with Gasteiger partial charge >= 0.3 is 193 Å². The first-order valence-corrected chi connectivity index (χ1v) is 16.6. The van der Waals surface area contributed by atoms with Crippen molar-refractivity contribution in [1.29, 1.82) is 0 Å². The Labute approximate surface area is 191 Å². The predicted molar refractivity (Wildman–Crippen MR) is 134 cm³/mol. The van der Waals surface area contributed by atoms with E-state index in [2.05, 4.69) is 106 Å². The van der Waals surface area contributed by atoms with Crippen molar-refractivity contribution in [3.05, 3.63) is 89.0 Å². The summed E-state index contributed by atoms with van der Waals surface area (Å²) in [6, 6.07) is 26.1. The molecule has 0 aliphatic rings. The van der Waals surface area contributed by atoms with Crippen LogP contribution in [-0.4, -0.2) is 39.7 Å². The molecule has 0 aliphatic carbocycles. The minimum atomic E-state index is -2.41. The van der Waals surface area contributed by atoms with Gasteiger partial charge in [0.2, 0.25) is 0 Å². The SMILES string of the molecule is CCc1ccc[c]([Bi]([c]2cccc(CC)c2)[c]2ccc(C)cc2CN(CC)CC)c1. The molecule has 0 atom stereocenters. The number of rotatable bonds is 9. The van der Waals surface area contributed by atoms with E-state index in [1.165, 1.54) is 16.7 Å². The van der Waals surface area contributed by atoms with E-state index in [1.807, 2.05) is 0 Å². The Morgan fingerprint density at radius 1 is 0.700 bits per heavy atom. The third kappa shape index (κ3) is 5.60. The van der Waals surface area contributed by atoms with Crippen molar-refractivity contribution in [1.82, 2.24) is 4.90 Å².